The highest BCUT2D eigenvalue weighted by Gasteiger charge is 2.14. The first kappa shape index (κ1) is 19.8. The Morgan fingerprint density at radius 3 is 1.67 bits per heavy atom. The van der Waals surface area contributed by atoms with Gasteiger partial charge in [-0.1, -0.05) is 73.8 Å². The minimum Gasteiger partial charge on any atom is -0.200 e. The van der Waals surface area contributed by atoms with E-state index in [1.807, 2.05) is 55.5 Å². The zero-order valence-electron chi connectivity index (χ0n) is 14.4. The van der Waals surface area contributed by atoms with Crippen LogP contribution in [0.3, 0.4) is 0 Å². The van der Waals surface area contributed by atoms with Crippen LogP contribution in [0, 0.1) is 6.92 Å². The molecular formula is C20H16Br2N2O2S. The molecule has 27 heavy (non-hydrogen) atoms. The summed E-state index contributed by atoms with van der Waals surface area (Å²) in [7, 11) is -3.76. The number of aryl methyl sites for hydroxylation is 1. The highest BCUT2D eigenvalue weighted by atomic mass is 79.9. The average Bonchev–Trinajstić information content (AvgIpc) is 2.65. The number of rotatable bonds is 5. The normalized spacial score (nSPS) is 11.1. The van der Waals surface area contributed by atoms with Gasteiger partial charge < -0.3 is 0 Å². The molecule has 3 aromatic rings. The lowest BCUT2D eigenvalue weighted by molar-refractivity contribution is 0.584. The van der Waals surface area contributed by atoms with Crippen molar-refractivity contribution in [1.82, 2.24) is 4.83 Å². The molecule has 0 saturated heterocycles. The Morgan fingerprint density at radius 1 is 0.778 bits per heavy atom. The van der Waals surface area contributed by atoms with E-state index in [4.69, 9.17) is 0 Å². The Kier molecular flexibility index (Phi) is 6.14. The van der Waals surface area contributed by atoms with Crippen molar-refractivity contribution in [3.05, 3.63) is 98.4 Å². The first-order chi connectivity index (χ1) is 12.8. The van der Waals surface area contributed by atoms with Gasteiger partial charge in [-0.05, 0) is 43.3 Å². The number of hydrogen-bond acceptors (Lipinski definition) is 3. The lowest BCUT2D eigenvalue weighted by Crippen LogP contribution is -2.21. The molecule has 0 aliphatic heterocycles. The summed E-state index contributed by atoms with van der Waals surface area (Å²) in [5, 5.41) is 4.24. The lowest BCUT2D eigenvalue weighted by Gasteiger charge is -2.10. The van der Waals surface area contributed by atoms with Gasteiger partial charge in [0.05, 0.1) is 10.6 Å². The number of halogens is 2. The molecule has 0 aliphatic rings. The lowest BCUT2D eigenvalue weighted by atomic mass is 10.0. The summed E-state index contributed by atoms with van der Waals surface area (Å²) in [6.45, 7) is 1.90. The molecule has 0 aliphatic carbocycles. The zero-order valence-corrected chi connectivity index (χ0v) is 18.3. The third-order valence-electron chi connectivity index (χ3n) is 3.84. The molecule has 0 atom stereocenters. The molecule has 3 aromatic carbocycles. The van der Waals surface area contributed by atoms with E-state index in [9.17, 15) is 8.42 Å². The molecule has 0 fully saturated rings. The van der Waals surface area contributed by atoms with Gasteiger partial charge in [-0.3, -0.25) is 0 Å². The van der Waals surface area contributed by atoms with E-state index in [0.29, 0.717) is 5.71 Å². The Labute approximate surface area is 175 Å². The quantitative estimate of drug-likeness (QED) is 0.378. The van der Waals surface area contributed by atoms with Crippen LogP contribution in [0.4, 0.5) is 0 Å². The van der Waals surface area contributed by atoms with Gasteiger partial charge in [0.15, 0.2) is 0 Å². The summed E-state index contributed by atoms with van der Waals surface area (Å²) < 4.78 is 27.0. The van der Waals surface area contributed by atoms with Crippen LogP contribution in [0.15, 0.2) is 91.7 Å². The van der Waals surface area contributed by atoms with Crippen molar-refractivity contribution in [3.8, 4) is 0 Å². The fraction of sp³-hybridized carbons (Fsp3) is 0.0500. The molecule has 0 heterocycles. The number of benzene rings is 3. The molecule has 0 unspecified atom stereocenters. The van der Waals surface area contributed by atoms with Gasteiger partial charge in [-0.2, -0.15) is 18.4 Å². The monoisotopic (exact) mass is 506 g/mol. The van der Waals surface area contributed by atoms with Gasteiger partial charge >= 0.3 is 0 Å². The van der Waals surface area contributed by atoms with Crippen molar-refractivity contribution < 1.29 is 8.42 Å². The van der Waals surface area contributed by atoms with Crippen LogP contribution in [0.2, 0.25) is 0 Å². The van der Waals surface area contributed by atoms with Crippen LogP contribution >= 0.6 is 31.9 Å². The van der Waals surface area contributed by atoms with E-state index in [-0.39, 0.29) is 4.90 Å². The van der Waals surface area contributed by atoms with Crippen molar-refractivity contribution in [2.45, 2.75) is 11.8 Å². The first-order valence-electron chi connectivity index (χ1n) is 8.03. The van der Waals surface area contributed by atoms with Crippen molar-refractivity contribution in [3.63, 3.8) is 0 Å². The van der Waals surface area contributed by atoms with Crippen LogP contribution in [-0.4, -0.2) is 14.1 Å². The number of hydrogen-bond donors (Lipinski definition) is 1. The minimum atomic E-state index is -3.76. The van der Waals surface area contributed by atoms with Crippen LogP contribution in [0.25, 0.3) is 0 Å². The van der Waals surface area contributed by atoms with E-state index in [1.165, 1.54) is 0 Å². The van der Waals surface area contributed by atoms with Gasteiger partial charge in [-0.25, -0.2) is 0 Å². The molecular weight excluding hydrogens is 492 g/mol. The van der Waals surface area contributed by atoms with Gasteiger partial charge in [-0.15, -0.1) is 0 Å². The third-order valence-corrected chi connectivity index (χ3v) is 6.13. The largest absolute Gasteiger partial charge is 0.276 e. The van der Waals surface area contributed by atoms with Crippen molar-refractivity contribution in [2.24, 2.45) is 5.10 Å². The average molecular weight is 508 g/mol. The molecule has 4 nitrogen and oxygen atoms in total. The Morgan fingerprint density at radius 2 is 1.22 bits per heavy atom. The standard InChI is InChI=1S/C20H16Br2N2O2S/c1-14-2-12-19(13-3-14)27(25,26)24-23-20(15-4-8-17(21)9-5-15)16-6-10-18(22)11-7-16/h2-13,24H,1H3. The maximum atomic E-state index is 12.6. The number of nitrogens with one attached hydrogen (secondary N) is 1. The van der Waals surface area contributed by atoms with Crippen LogP contribution in [0.5, 0.6) is 0 Å². The van der Waals surface area contributed by atoms with Crippen molar-refractivity contribution >= 4 is 47.6 Å². The summed E-state index contributed by atoms with van der Waals surface area (Å²) in [6, 6.07) is 21.7. The predicted molar refractivity (Wildman–Crippen MR) is 115 cm³/mol. The molecule has 0 bridgehead atoms. The molecule has 1 N–H and O–H groups in total. The Balaban J connectivity index is 2.00. The van der Waals surface area contributed by atoms with Crippen LogP contribution in [-0.2, 0) is 10.0 Å². The van der Waals surface area contributed by atoms with Crippen LogP contribution in [0.1, 0.15) is 16.7 Å². The number of sulfonamides is 1. The molecule has 138 valence electrons. The highest BCUT2D eigenvalue weighted by molar-refractivity contribution is 9.10. The summed E-state index contributed by atoms with van der Waals surface area (Å²) in [5.74, 6) is 0. The Hall–Kier alpha value is -1.96. The predicted octanol–water partition coefficient (Wildman–Crippen LogP) is 5.25. The van der Waals surface area contributed by atoms with Gasteiger partial charge in [0.1, 0.15) is 0 Å². The molecule has 0 amide bonds. The van der Waals surface area contributed by atoms with E-state index < -0.39 is 10.0 Å². The molecule has 0 aromatic heterocycles. The summed E-state index contributed by atoms with van der Waals surface area (Å²) in [5.41, 5.74) is 3.12. The van der Waals surface area contributed by atoms with E-state index in [2.05, 4.69) is 41.8 Å². The third kappa shape index (κ3) is 5.06. The Bertz CT molecular complexity index is 1010. The molecule has 0 spiro atoms. The molecule has 7 heteroatoms. The number of nitrogens with zero attached hydrogens (tertiary/aromatic N) is 1. The fourth-order valence-electron chi connectivity index (χ4n) is 2.39. The molecule has 3 rings (SSSR count). The topological polar surface area (TPSA) is 58.5 Å². The van der Waals surface area contributed by atoms with Crippen molar-refractivity contribution in [2.75, 3.05) is 0 Å². The van der Waals surface area contributed by atoms with Crippen molar-refractivity contribution in [1.29, 1.82) is 0 Å². The minimum absolute atomic E-state index is 0.169. The summed E-state index contributed by atoms with van der Waals surface area (Å²) >= 11 is 6.82. The van der Waals surface area contributed by atoms with E-state index in [0.717, 1.165) is 25.6 Å². The van der Waals surface area contributed by atoms with E-state index >= 15 is 0 Å². The molecule has 0 saturated carbocycles. The first-order valence-corrected chi connectivity index (χ1v) is 11.1. The van der Waals surface area contributed by atoms with E-state index in [1.54, 1.807) is 24.3 Å². The smallest absolute Gasteiger partial charge is 0.200 e. The summed E-state index contributed by atoms with van der Waals surface area (Å²) in [4.78, 5) is 2.53. The zero-order chi connectivity index (χ0) is 19.4. The highest BCUT2D eigenvalue weighted by Crippen LogP contribution is 2.18. The van der Waals surface area contributed by atoms with Gasteiger partial charge in [0.2, 0.25) is 0 Å². The fourth-order valence-corrected chi connectivity index (χ4v) is 3.73. The second kappa shape index (κ2) is 8.37. The van der Waals surface area contributed by atoms with Gasteiger partial charge in [0, 0.05) is 20.1 Å². The summed E-state index contributed by atoms with van der Waals surface area (Å²) in [6.07, 6.45) is 0. The molecule has 0 radical (unpaired) electrons. The number of hydrazone groups is 1. The second-order valence-corrected chi connectivity index (χ2v) is 9.37. The maximum absolute atomic E-state index is 12.6. The van der Waals surface area contributed by atoms with Gasteiger partial charge in [0.25, 0.3) is 10.0 Å². The van der Waals surface area contributed by atoms with Crippen LogP contribution < -0.4 is 4.83 Å². The maximum Gasteiger partial charge on any atom is 0.276 e. The second-order valence-electron chi connectivity index (χ2n) is 5.88. The SMILES string of the molecule is Cc1ccc(S(=O)(=O)NN=C(c2ccc(Br)cc2)c2ccc(Br)cc2)cc1.